The molecule has 0 fully saturated rings. The second-order valence-corrected chi connectivity index (χ2v) is 12.5. The van der Waals surface area contributed by atoms with Gasteiger partial charge in [0.25, 0.3) is 0 Å². The number of Topliss-reactive ketones (excluding diaryl/α,β-unsaturated/α-hetero) is 1. The fraction of sp³-hybridized carbons (Fsp3) is 0.500. The molecule has 162 valence electrons. The van der Waals surface area contributed by atoms with Crippen molar-refractivity contribution in [2.75, 3.05) is 0 Å². The molecule has 3 rings (SSSR count). The number of aryl methyl sites for hydroxylation is 3. The minimum absolute atomic E-state index is 0.0949. The summed E-state index contributed by atoms with van der Waals surface area (Å²) in [6.45, 7) is 17.3. The van der Waals surface area contributed by atoms with E-state index in [0.717, 1.165) is 28.9 Å². The van der Waals surface area contributed by atoms with E-state index in [4.69, 9.17) is 0 Å². The Kier molecular flexibility index (Phi) is 6.54. The predicted octanol–water partition coefficient (Wildman–Crippen LogP) is 7.29. The molecule has 0 spiro atoms. The Hall–Kier alpha value is -1.23. The van der Waals surface area contributed by atoms with Gasteiger partial charge in [-0.1, -0.05) is 67.4 Å². The number of hydrogen-bond acceptors (Lipinski definition) is 4. The number of thioether (sulfide) groups is 1. The first-order valence-corrected chi connectivity index (χ1v) is 12.4. The second kappa shape index (κ2) is 8.37. The number of hydrogen-bond donors (Lipinski definition) is 1. The molecule has 2 atom stereocenters. The topological polar surface area (TPSA) is 29.1 Å². The first-order chi connectivity index (χ1) is 13.9. The van der Waals surface area contributed by atoms with E-state index in [1.807, 2.05) is 0 Å². The molecule has 0 heterocycles. The highest BCUT2D eigenvalue weighted by Gasteiger charge is 2.58. The molecule has 0 saturated heterocycles. The van der Waals surface area contributed by atoms with Crippen LogP contribution < -0.4 is 4.72 Å². The summed E-state index contributed by atoms with van der Waals surface area (Å²) in [6, 6.07) is 12.8. The van der Waals surface area contributed by atoms with Crippen molar-refractivity contribution in [1.82, 2.24) is 4.72 Å². The van der Waals surface area contributed by atoms with Gasteiger partial charge in [-0.05, 0) is 83.2 Å². The van der Waals surface area contributed by atoms with Crippen LogP contribution in [0.25, 0.3) is 0 Å². The fourth-order valence-electron chi connectivity index (χ4n) is 4.07. The molecule has 0 bridgehead atoms. The standard InChI is InChI=1S/C26H35NOS2/c1-9-25(8)16-21-18(3)12-13-19(4)22(21)23(28)26(25,30-27-24(5,6)7)29-20-14-10-17(2)11-15-20/h10-15,27H,9,16H2,1-8H3. The highest BCUT2D eigenvalue weighted by molar-refractivity contribution is 8.18. The summed E-state index contributed by atoms with van der Waals surface area (Å²) in [7, 11) is 0. The summed E-state index contributed by atoms with van der Waals surface area (Å²) in [5.41, 5.74) is 5.44. The monoisotopic (exact) mass is 441 g/mol. The van der Waals surface area contributed by atoms with Gasteiger partial charge in [-0.25, -0.2) is 0 Å². The SMILES string of the molecule is CCC1(C)Cc2c(C)ccc(C)c2C(=O)C1(SNC(C)(C)C)Sc1ccc(C)cc1. The van der Waals surface area contributed by atoms with Crippen molar-refractivity contribution in [2.45, 2.75) is 82.7 Å². The van der Waals surface area contributed by atoms with Crippen LogP contribution in [0.4, 0.5) is 0 Å². The Morgan fingerprint density at radius 2 is 1.60 bits per heavy atom. The molecule has 0 saturated carbocycles. The zero-order chi connectivity index (χ0) is 22.3. The summed E-state index contributed by atoms with van der Waals surface area (Å²) in [5.74, 6) is 0.252. The van der Waals surface area contributed by atoms with Gasteiger partial charge < -0.3 is 0 Å². The molecule has 0 aromatic heterocycles. The lowest BCUT2D eigenvalue weighted by atomic mass is 9.68. The van der Waals surface area contributed by atoms with Crippen LogP contribution in [0.3, 0.4) is 0 Å². The molecule has 0 aliphatic heterocycles. The Morgan fingerprint density at radius 1 is 1.00 bits per heavy atom. The number of carbonyl (C=O) groups is 1. The summed E-state index contributed by atoms with van der Waals surface area (Å²) in [5, 5.41) is 0. The molecule has 4 heteroatoms. The summed E-state index contributed by atoms with van der Waals surface area (Å²) >= 11 is 3.36. The van der Waals surface area contributed by atoms with Gasteiger partial charge in [0.05, 0.1) is 0 Å². The van der Waals surface area contributed by atoms with Crippen LogP contribution in [-0.2, 0) is 6.42 Å². The van der Waals surface area contributed by atoms with Gasteiger partial charge in [0, 0.05) is 21.4 Å². The number of nitrogens with one attached hydrogen (secondary N) is 1. The molecular formula is C26H35NOS2. The average molecular weight is 442 g/mol. The zero-order valence-corrected chi connectivity index (χ0v) is 21.2. The van der Waals surface area contributed by atoms with Crippen LogP contribution in [0.1, 0.15) is 73.7 Å². The number of benzene rings is 2. The lowest BCUT2D eigenvalue weighted by Gasteiger charge is -2.51. The first kappa shape index (κ1) is 23.4. The van der Waals surface area contributed by atoms with Gasteiger partial charge in [0.1, 0.15) is 4.08 Å². The molecule has 0 radical (unpaired) electrons. The first-order valence-electron chi connectivity index (χ1n) is 10.8. The van der Waals surface area contributed by atoms with Gasteiger partial charge in [0.2, 0.25) is 0 Å². The van der Waals surface area contributed by atoms with E-state index in [2.05, 4.69) is 96.5 Å². The maximum Gasteiger partial charge on any atom is 0.191 e. The van der Waals surface area contributed by atoms with E-state index in [9.17, 15) is 4.79 Å². The molecule has 2 unspecified atom stereocenters. The summed E-state index contributed by atoms with van der Waals surface area (Å²) < 4.78 is 2.98. The molecule has 2 aromatic carbocycles. The number of carbonyl (C=O) groups excluding carboxylic acids is 1. The van der Waals surface area contributed by atoms with Crippen molar-refractivity contribution in [3.8, 4) is 0 Å². The predicted molar refractivity (Wildman–Crippen MR) is 133 cm³/mol. The lowest BCUT2D eigenvalue weighted by Crippen LogP contribution is -2.55. The third kappa shape index (κ3) is 4.24. The summed E-state index contributed by atoms with van der Waals surface area (Å²) in [4.78, 5) is 15.5. The third-order valence-corrected chi connectivity index (χ3v) is 9.86. The van der Waals surface area contributed by atoms with Crippen molar-refractivity contribution >= 4 is 29.5 Å². The van der Waals surface area contributed by atoms with Gasteiger partial charge >= 0.3 is 0 Å². The van der Waals surface area contributed by atoms with Gasteiger partial charge in [0.15, 0.2) is 5.78 Å². The zero-order valence-electron chi connectivity index (χ0n) is 19.6. The molecule has 1 N–H and O–H groups in total. The minimum Gasteiger partial charge on any atom is -0.292 e. The van der Waals surface area contributed by atoms with Gasteiger partial charge in [-0.3, -0.25) is 9.52 Å². The Morgan fingerprint density at radius 3 is 2.17 bits per heavy atom. The Balaban J connectivity index is 2.21. The highest BCUT2D eigenvalue weighted by atomic mass is 32.2. The van der Waals surface area contributed by atoms with Crippen LogP contribution >= 0.6 is 23.7 Å². The van der Waals surface area contributed by atoms with Crippen LogP contribution in [-0.4, -0.2) is 15.4 Å². The lowest BCUT2D eigenvalue weighted by molar-refractivity contribution is 0.0881. The quantitative estimate of drug-likeness (QED) is 0.389. The molecule has 30 heavy (non-hydrogen) atoms. The van der Waals surface area contributed by atoms with Crippen molar-refractivity contribution in [3.63, 3.8) is 0 Å². The van der Waals surface area contributed by atoms with Gasteiger partial charge in [-0.2, -0.15) is 0 Å². The Bertz CT molecular complexity index is 945. The molecule has 2 nitrogen and oxygen atoms in total. The fourth-order valence-corrected chi connectivity index (χ4v) is 7.02. The van der Waals surface area contributed by atoms with E-state index in [0.29, 0.717) is 0 Å². The summed E-state index contributed by atoms with van der Waals surface area (Å²) in [6.07, 6.45) is 1.85. The average Bonchev–Trinajstić information content (AvgIpc) is 2.67. The van der Waals surface area contributed by atoms with Crippen LogP contribution in [0, 0.1) is 26.2 Å². The molecule has 0 amide bonds. The van der Waals surface area contributed by atoms with Gasteiger partial charge in [-0.15, -0.1) is 0 Å². The van der Waals surface area contributed by atoms with Crippen molar-refractivity contribution in [1.29, 1.82) is 0 Å². The van der Waals surface area contributed by atoms with E-state index in [-0.39, 0.29) is 16.7 Å². The second-order valence-electron chi connectivity index (χ2n) is 9.96. The minimum atomic E-state index is -0.643. The maximum atomic E-state index is 14.4. The Labute approximate surface area is 191 Å². The largest absolute Gasteiger partial charge is 0.292 e. The van der Waals surface area contributed by atoms with Crippen molar-refractivity contribution in [3.05, 3.63) is 64.2 Å². The number of ketones is 1. The normalized spacial score (nSPS) is 24.1. The third-order valence-electron chi connectivity index (χ3n) is 6.21. The molecule has 1 aliphatic rings. The molecule has 1 aliphatic carbocycles. The van der Waals surface area contributed by atoms with Crippen LogP contribution in [0.5, 0.6) is 0 Å². The van der Waals surface area contributed by atoms with Crippen LogP contribution in [0.15, 0.2) is 41.3 Å². The number of rotatable bonds is 5. The highest BCUT2D eigenvalue weighted by Crippen LogP contribution is 2.60. The van der Waals surface area contributed by atoms with E-state index in [1.54, 1.807) is 23.7 Å². The van der Waals surface area contributed by atoms with E-state index >= 15 is 0 Å². The van der Waals surface area contributed by atoms with E-state index in [1.165, 1.54) is 16.7 Å². The van der Waals surface area contributed by atoms with E-state index < -0.39 is 4.08 Å². The van der Waals surface area contributed by atoms with Crippen molar-refractivity contribution < 1.29 is 4.79 Å². The molecular weight excluding hydrogens is 406 g/mol. The van der Waals surface area contributed by atoms with Crippen molar-refractivity contribution in [2.24, 2.45) is 5.41 Å². The number of fused-ring (bicyclic) bond motifs is 1. The smallest absolute Gasteiger partial charge is 0.191 e. The molecule has 2 aromatic rings. The maximum absolute atomic E-state index is 14.4. The van der Waals surface area contributed by atoms with Crippen LogP contribution in [0.2, 0.25) is 0 Å².